The number of ether oxygens (including phenoxy) is 4. The number of esters is 4. The summed E-state index contributed by atoms with van der Waals surface area (Å²) in [5, 5.41) is 10.6. The van der Waals surface area contributed by atoms with Gasteiger partial charge in [-0.2, -0.15) is 0 Å². The van der Waals surface area contributed by atoms with Crippen LogP contribution in [0.25, 0.3) is 0 Å². The Kier molecular flexibility index (Phi) is 66.8. The normalized spacial score (nSPS) is 14.1. The maximum absolute atomic E-state index is 13.1. The molecule has 0 heterocycles. The van der Waals surface area contributed by atoms with Crippen LogP contribution in [-0.4, -0.2) is 96.7 Å². The molecule has 0 amide bonds. The quantitative estimate of drug-likeness (QED) is 0.0222. The highest BCUT2D eigenvalue weighted by Crippen LogP contribution is 2.45. The number of rotatable bonds is 76. The first-order valence-corrected chi connectivity index (χ1v) is 43.7. The second-order valence-electron chi connectivity index (χ2n) is 30.4. The molecule has 0 aliphatic rings. The molecule has 0 aromatic heterocycles. The van der Waals surface area contributed by atoms with Crippen LogP contribution in [0.2, 0.25) is 0 Å². The van der Waals surface area contributed by atoms with E-state index < -0.39 is 97.5 Å². The maximum Gasteiger partial charge on any atom is 0.472 e. The van der Waals surface area contributed by atoms with Crippen molar-refractivity contribution in [2.75, 3.05) is 39.6 Å². The zero-order valence-corrected chi connectivity index (χ0v) is 66.2. The minimum absolute atomic E-state index is 0.104. The lowest BCUT2D eigenvalue weighted by atomic mass is 10.0. The van der Waals surface area contributed by atoms with Crippen molar-refractivity contribution >= 4 is 39.5 Å². The summed E-state index contributed by atoms with van der Waals surface area (Å²) in [6.45, 7) is 14.2. The van der Waals surface area contributed by atoms with Crippen molar-refractivity contribution in [3.8, 4) is 0 Å². The standard InChI is InChI=1S/C79H154O17P2/c1-69(2)55-47-39-31-23-18-14-10-9-11-17-21-27-37-45-53-61-78(83)95-74(65-89-76(81)59-51-43-35-26-20-16-13-12-15-19-24-32-40-48-56-70(3)4)67-93-97(85,86)91-63-73(80)64-92-98(87,88)94-68-75(66-90-77(82)60-52-44-36-30-29-34-42-50-58-72(7)8)96-79(84)62-54-46-38-28-22-25-33-41-49-57-71(5)6/h69-75,80H,9-68H2,1-8H3,(H,85,86)(H,87,88)/t73?,74-,75-/m1/s1. The molecule has 0 saturated heterocycles. The molecule has 0 aliphatic carbocycles. The number of phosphoric ester groups is 2. The predicted molar refractivity (Wildman–Crippen MR) is 400 cm³/mol. The highest BCUT2D eigenvalue weighted by atomic mass is 31.2. The molecule has 582 valence electrons. The van der Waals surface area contributed by atoms with Crippen LogP contribution in [0.4, 0.5) is 0 Å². The van der Waals surface area contributed by atoms with Gasteiger partial charge in [0.1, 0.15) is 19.3 Å². The van der Waals surface area contributed by atoms with Gasteiger partial charge in [0.2, 0.25) is 0 Å². The van der Waals surface area contributed by atoms with E-state index in [1.165, 1.54) is 205 Å². The summed E-state index contributed by atoms with van der Waals surface area (Å²) < 4.78 is 68.6. The van der Waals surface area contributed by atoms with Crippen molar-refractivity contribution in [3.05, 3.63) is 0 Å². The molecule has 17 nitrogen and oxygen atoms in total. The zero-order chi connectivity index (χ0) is 72.4. The Balaban J connectivity index is 5.25. The molecule has 0 rings (SSSR count). The monoisotopic (exact) mass is 1440 g/mol. The molecule has 0 bridgehead atoms. The van der Waals surface area contributed by atoms with E-state index in [9.17, 15) is 43.2 Å². The average molecular weight is 1440 g/mol. The largest absolute Gasteiger partial charge is 0.472 e. The van der Waals surface area contributed by atoms with Crippen LogP contribution in [0.1, 0.15) is 402 Å². The Hall–Kier alpha value is -1.94. The van der Waals surface area contributed by atoms with Crippen molar-refractivity contribution in [3.63, 3.8) is 0 Å². The van der Waals surface area contributed by atoms with Crippen molar-refractivity contribution in [2.24, 2.45) is 23.7 Å². The van der Waals surface area contributed by atoms with Gasteiger partial charge in [0.15, 0.2) is 12.2 Å². The molecule has 0 spiro atoms. The maximum atomic E-state index is 13.1. The topological polar surface area (TPSA) is 237 Å². The van der Waals surface area contributed by atoms with E-state index in [-0.39, 0.29) is 25.7 Å². The number of hydrogen-bond acceptors (Lipinski definition) is 15. The SMILES string of the molecule is CC(C)CCCCCCCCCCCCCCCCCC(=O)O[C@H](COC(=O)CCCCCCCCCCCCCCCCC(C)C)COP(=O)(O)OCC(O)COP(=O)(O)OC[C@@H](COC(=O)CCCCCCCCCCC(C)C)OC(=O)CCCCCCCCCCCC(C)C. The van der Waals surface area contributed by atoms with E-state index in [2.05, 4.69) is 55.4 Å². The van der Waals surface area contributed by atoms with Crippen LogP contribution in [0.15, 0.2) is 0 Å². The summed E-state index contributed by atoms with van der Waals surface area (Å²) in [5.41, 5.74) is 0. The van der Waals surface area contributed by atoms with E-state index in [4.69, 9.17) is 37.0 Å². The molecule has 0 fully saturated rings. The summed E-state index contributed by atoms with van der Waals surface area (Å²) >= 11 is 0. The first-order chi connectivity index (χ1) is 47.1. The van der Waals surface area contributed by atoms with E-state index in [0.717, 1.165) is 114 Å². The molecule has 0 aromatic rings. The highest BCUT2D eigenvalue weighted by Gasteiger charge is 2.30. The summed E-state index contributed by atoms with van der Waals surface area (Å²) in [7, 11) is -9.92. The number of aliphatic hydroxyl groups is 1. The van der Waals surface area contributed by atoms with Gasteiger partial charge in [-0.1, -0.05) is 351 Å². The van der Waals surface area contributed by atoms with E-state index >= 15 is 0 Å². The third kappa shape index (κ3) is 72.4. The van der Waals surface area contributed by atoms with Gasteiger partial charge >= 0.3 is 39.5 Å². The number of hydrogen-bond donors (Lipinski definition) is 3. The highest BCUT2D eigenvalue weighted by molar-refractivity contribution is 7.47. The molecule has 0 radical (unpaired) electrons. The molecule has 0 aromatic carbocycles. The first kappa shape index (κ1) is 96.1. The zero-order valence-electron chi connectivity index (χ0n) is 64.4. The lowest BCUT2D eigenvalue weighted by molar-refractivity contribution is -0.161. The van der Waals surface area contributed by atoms with Crippen molar-refractivity contribution < 1.29 is 80.2 Å². The van der Waals surface area contributed by atoms with E-state index in [1.54, 1.807) is 0 Å². The lowest BCUT2D eigenvalue weighted by Crippen LogP contribution is -2.30. The minimum Gasteiger partial charge on any atom is -0.462 e. The second kappa shape index (κ2) is 68.2. The van der Waals surface area contributed by atoms with Crippen LogP contribution in [0.5, 0.6) is 0 Å². The number of unbranched alkanes of at least 4 members (excludes halogenated alkanes) is 42. The molecule has 19 heteroatoms. The molecular weight excluding hydrogens is 1280 g/mol. The third-order valence-electron chi connectivity index (χ3n) is 18.3. The Labute approximate surface area is 600 Å². The minimum atomic E-state index is -4.96. The van der Waals surface area contributed by atoms with Crippen LogP contribution in [0.3, 0.4) is 0 Å². The average Bonchev–Trinajstić information content (AvgIpc) is 0.945. The molecule has 3 N–H and O–H groups in total. The molecular formula is C79H154O17P2. The van der Waals surface area contributed by atoms with Crippen LogP contribution in [0, 0.1) is 23.7 Å². The predicted octanol–water partition coefficient (Wildman–Crippen LogP) is 23.2. The molecule has 0 aliphatic heterocycles. The summed E-state index contributed by atoms with van der Waals surface area (Å²) in [4.78, 5) is 72.9. The van der Waals surface area contributed by atoms with Gasteiger partial charge in [0.25, 0.3) is 0 Å². The van der Waals surface area contributed by atoms with Gasteiger partial charge in [0.05, 0.1) is 26.4 Å². The molecule has 98 heavy (non-hydrogen) atoms. The van der Waals surface area contributed by atoms with Crippen LogP contribution in [-0.2, 0) is 65.4 Å². The first-order valence-electron chi connectivity index (χ1n) is 40.7. The van der Waals surface area contributed by atoms with Gasteiger partial charge in [-0.25, -0.2) is 9.13 Å². The lowest BCUT2D eigenvalue weighted by Gasteiger charge is -2.21. The Morgan fingerprint density at radius 2 is 0.429 bits per heavy atom. The number of carbonyl (C=O) groups excluding carboxylic acids is 4. The number of aliphatic hydroxyl groups excluding tert-OH is 1. The Morgan fingerprint density at radius 1 is 0.255 bits per heavy atom. The smallest absolute Gasteiger partial charge is 0.462 e. The van der Waals surface area contributed by atoms with E-state index in [1.807, 2.05) is 0 Å². The Bertz CT molecular complexity index is 1920. The van der Waals surface area contributed by atoms with Crippen LogP contribution >= 0.6 is 15.6 Å². The van der Waals surface area contributed by atoms with Crippen LogP contribution < -0.4 is 0 Å². The second-order valence-corrected chi connectivity index (χ2v) is 33.3. The molecule has 3 unspecified atom stereocenters. The fourth-order valence-corrected chi connectivity index (χ4v) is 13.7. The summed E-state index contributed by atoms with van der Waals surface area (Å²) in [6, 6.07) is 0. The number of carbonyl (C=O) groups is 4. The van der Waals surface area contributed by atoms with Gasteiger partial charge in [-0.3, -0.25) is 37.3 Å². The van der Waals surface area contributed by atoms with Crippen molar-refractivity contribution in [1.29, 1.82) is 0 Å². The van der Waals surface area contributed by atoms with Gasteiger partial charge in [-0.15, -0.1) is 0 Å². The van der Waals surface area contributed by atoms with Gasteiger partial charge in [0, 0.05) is 25.7 Å². The fraction of sp³-hybridized carbons (Fsp3) is 0.949. The van der Waals surface area contributed by atoms with Gasteiger partial charge < -0.3 is 33.8 Å². The van der Waals surface area contributed by atoms with E-state index in [0.29, 0.717) is 25.7 Å². The molecule has 0 saturated carbocycles. The Morgan fingerprint density at radius 3 is 0.633 bits per heavy atom. The summed E-state index contributed by atoms with van der Waals surface area (Å²) in [5.74, 6) is 0.947. The summed E-state index contributed by atoms with van der Waals surface area (Å²) in [6.07, 6.45) is 54.2. The third-order valence-corrected chi connectivity index (χ3v) is 20.2. The van der Waals surface area contributed by atoms with Crippen molar-refractivity contribution in [2.45, 2.75) is 420 Å². The van der Waals surface area contributed by atoms with Crippen molar-refractivity contribution in [1.82, 2.24) is 0 Å². The molecule has 5 atom stereocenters. The number of phosphoric acid groups is 2. The van der Waals surface area contributed by atoms with Gasteiger partial charge in [-0.05, 0) is 49.4 Å². The fourth-order valence-electron chi connectivity index (χ4n) is 12.1.